The number of thioether (sulfide) groups is 1. The minimum atomic E-state index is 0. The first-order chi connectivity index (χ1) is 10.5. The number of guanidine groups is 1. The standard InChI is InChI=1S/C17H29N3OS.HI/c1-6-18-16(20-13-17(2,3)22-5)19-11-14-8-7-9-15(10-14)12-21-4;/h7-10H,6,11-13H2,1-5H3,(H2,18,19,20);1H. The maximum atomic E-state index is 5.17. The van der Waals surface area contributed by atoms with Gasteiger partial charge in [-0.1, -0.05) is 24.3 Å². The maximum absolute atomic E-state index is 5.17. The van der Waals surface area contributed by atoms with E-state index in [-0.39, 0.29) is 28.7 Å². The number of hydrogen-bond donors (Lipinski definition) is 2. The topological polar surface area (TPSA) is 45.7 Å². The van der Waals surface area contributed by atoms with Gasteiger partial charge in [0.1, 0.15) is 0 Å². The summed E-state index contributed by atoms with van der Waals surface area (Å²) in [5.41, 5.74) is 2.37. The third-order valence-electron chi connectivity index (χ3n) is 3.30. The first-order valence-corrected chi connectivity index (χ1v) is 8.87. The van der Waals surface area contributed by atoms with Crippen LogP contribution in [0.1, 0.15) is 31.9 Å². The second kappa shape index (κ2) is 12.0. The molecule has 132 valence electrons. The van der Waals surface area contributed by atoms with Crippen molar-refractivity contribution in [3.8, 4) is 0 Å². The molecule has 4 nitrogen and oxygen atoms in total. The van der Waals surface area contributed by atoms with Crippen molar-refractivity contribution >= 4 is 41.7 Å². The average molecular weight is 451 g/mol. The SMILES string of the molecule is CCNC(=NCc1cccc(COC)c1)NCC(C)(C)SC.I. The van der Waals surface area contributed by atoms with Crippen molar-refractivity contribution in [3.05, 3.63) is 35.4 Å². The summed E-state index contributed by atoms with van der Waals surface area (Å²) in [7, 11) is 1.71. The molecule has 0 unspecified atom stereocenters. The first kappa shape index (κ1) is 22.5. The Morgan fingerprint density at radius 3 is 2.57 bits per heavy atom. The Morgan fingerprint density at radius 2 is 1.96 bits per heavy atom. The summed E-state index contributed by atoms with van der Waals surface area (Å²) in [6, 6.07) is 8.36. The Balaban J connectivity index is 0.00000484. The van der Waals surface area contributed by atoms with Gasteiger partial charge < -0.3 is 15.4 Å². The lowest BCUT2D eigenvalue weighted by molar-refractivity contribution is 0.185. The Morgan fingerprint density at radius 1 is 1.26 bits per heavy atom. The molecular weight excluding hydrogens is 421 g/mol. The third-order valence-corrected chi connectivity index (χ3v) is 4.55. The van der Waals surface area contributed by atoms with E-state index in [2.05, 4.69) is 66.9 Å². The minimum absolute atomic E-state index is 0. The van der Waals surface area contributed by atoms with E-state index in [9.17, 15) is 0 Å². The van der Waals surface area contributed by atoms with Gasteiger partial charge in [-0.2, -0.15) is 11.8 Å². The van der Waals surface area contributed by atoms with E-state index in [1.807, 2.05) is 11.8 Å². The molecule has 6 heteroatoms. The van der Waals surface area contributed by atoms with Crippen molar-refractivity contribution in [2.24, 2.45) is 4.99 Å². The monoisotopic (exact) mass is 451 g/mol. The number of nitrogens with one attached hydrogen (secondary N) is 2. The van der Waals surface area contributed by atoms with Gasteiger partial charge in [0, 0.05) is 24.9 Å². The molecule has 0 atom stereocenters. The molecule has 0 aromatic heterocycles. The van der Waals surface area contributed by atoms with Crippen LogP contribution in [0.4, 0.5) is 0 Å². The van der Waals surface area contributed by atoms with Gasteiger partial charge in [0.25, 0.3) is 0 Å². The van der Waals surface area contributed by atoms with Crippen molar-refractivity contribution in [1.82, 2.24) is 10.6 Å². The van der Waals surface area contributed by atoms with Crippen molar-refractivity contribution in [2.75, 3.05) is 26.5 Å². The van der Waals surface area contributed by atoms with E-state index in [0.717, 1.165) is 19.0 Å². The Bertz CT molecular complexity index is 481. The van der Waals surface area contributed by atoms with Crippen LogP contribution in [0.15, 0.2) is 29.3 Å². The number of benzene rings is 1. The fourth-order valence-electron chi connectivity index (χ4n) is 1.87. The number of nitrogens with zero attached hydrogens (tertiary/aromatic N) is 1. The van der Waals surface area contributed by atoms with Gasteiger partial charge in [-0.15, -0.1) is 24.0 Å². The lowest BCUT2D eigenvalue weighted by Gasteiger charge is -2.23. The molecule has 0 fully saturated rings. The van der Waals surface area contributed by atoms with Crippen LogP contribution in [0.25, 0.3) is 0 Å². The predicted octanol–water partition coefficient (Wildman–Crippen LogP) is 3.65. The lowest BCUT2D eigenvalue weighted by atomic mass is 10.1. The summed E-state index contributed by atoms with van der Waals surface area (Å²) in [6.07, 6.45) is 2.13. The molecule has 1 aromatic carbocycles. The van der Waals surface area contributed by atoms with Gasteiger partial charge >= 0.3 is 0 Å². The third kappa shape index (κ3) is 9.42. The molecule has 0 saturated carbocycles. The summed E-state index contributed by atoms with van der Waals surface area (Å²) in [5.74, 6) is 0.863. The Hall–Kier alpha value is -0.470. The quantitative estimate of drug-likeness (QED) is 0.360. The number of ether oxygens (including phenoxy) is 1. The van der Waals surface area contributed by atoms with E-state index in [0.29, 0.717) is 13.2 Å². The van der Waals surface area contributed by atoms with Crippen LogP contribution in [-0.4, -0.2) is 37.2 Å². The molecule has 0 aliphatic carbocycles. The van der Waals surface area contributed by atoms with Crippen LogP contribution in [-0.2, 0) is 17.9 Å². The van der Waals surface area contributed by atoms with E-state index in [1.54, 1.807) is 7.11 Å². The van der Waals surface area contributed by atoms with Gasteiger partial charge in [-0.05, 0) is 38.2 Å². The second-order valence-electron chi connectivity index (χ2n) is 5.77. The molecule has 1 rings (SSSR count). The highest BCUT2D eigenvalue weighted by molar-refractivity contribution is 14.0. The summed E-state index contributed by atoms with van der Waals surface area (Å²) < 4.78 is 5.36. The van der Waals surface area contributed by atoms with Crippen LogP contribution < -0.4 is 10.6 Å². The second-order valence-corrected chi connectivity index (χ2v) is 7.28. The van der Waals surface area contributed by atoms with Crippen LogP contribution in [0.5, 0.6) is 0 Å². The first-order valence-electron chi connectivity index (χ1n) is 7.65. The van der Waals surface area contributed by atoms with Gasteiger partial charge in [0.15, 0.2) is 5.96 Å². The van der Waals surface area contributed by atoms with E-state index >= 15 is 0 Å². The molecule has 2 N–H and O–H groups in total. The predicted molar refractivity (Wildman–Crippen MR) is 113 cm³/mol. The van der Waals surface area contributed by atoms with Crippen LogP contribution >= 0.6 is 35.7 Å². The summed E-state index contributed by atoms with van der Waals surface area (Å²) >= 11 is 1.85. The smallest absolute Gasteiger partial charge is 0.191 e. The van der Waals surface area contributed by atoms with Gasteiger partial charge in [0.2, 0.25) is 0 Å². The Labute approximate surface area is 162 Å². The number of hydrogen-bond acceptors (Lipinski definition) is 3. The zero-order valence-electron chi connectivity index (χ0n) is 14.8. The molecule has 0 bridgehead atoms. The van der Waals surface area contributed by atoms with Crippen LogP contribution in [0.3, 0.4) is 0 Å². The average Bonchev–Trinajstić information content (AvgIpc) is 2.51. The molecule has 0 radical (unpaired) electrons. The zero-order valence-corrected chi connectivity index (χ0v) is 18.0. The van der Waals surface area contributed by atoms with Crippen molar-refractivity contribution in [2.45, 2.75) is 38.7 Å². The molecule has 0 saturated heterocycles. The molecule has 0 aliphatic rings. The van der Waals surface area contributed by atoms with Crippen LogP contribution in [0.2, 0.25) is 0 Å². The highest BCUT2D eigenvalue weighted by atomic mass is 127. The maximum Gasteiger partial charge on any atom is 0.191 e. The Kier molecular flexibility index (Phi) is 11.7. The van der Waals surface area contributed by atoms with E-state index in [1.165, 1.54) is 11.1 Å². The fourth-order valence-corrected chi connectivity index (χ4v) is 2.08. The van der Waals surface area contributed by atoms with Crippen molar-refractivity contribution < 1.29 is 4.74 Å². The van der Waals surface area contributed by atoms with E-state index < -0.39 is 0 Å². The highest BCUT2D eigenvalue weighted by Gasteiger charge is 2.15. The van der Waals surface area contributed by atoms with Crippen molar-refractivity contribution in [1.29, 1.82) is 0 Å². The zero-order chi connectivity index (χ0) is 16.4. The normalized spacial score (nSPS) is 11.8. The molecule has 1 aromatic rings. The van der Waals surface area contributed by atoms with Gasteiger partial charge in [-0.3, -0.25) is 0 Å². The largest absolute Gasteiger partial charge is 0.380 e. The summed E-state index contributed by atoms with van der Waals surface area (Å²) in [6.45, 7) is 9.56. The summed E-state index contributed by atoms with van der Waals surface area (Å²) in [5, 5.41) is 6.71. The molecule has 0 amide bonds. The number of rotatable bonds is 8. The molecule has 0 aliphatic heterocycles. The number of methoxy groups -OCH3 is 1. The number of aliphatic imine (C=N–C) groups is 1. The minimum Gasteiger partial charge on any atom is -0.380 e. The van der Waals surface area contributed by atoms with Crippen molar-refractivity contribution in [3.63, 3.8) is 0 Å². The molecule has 23 heavy (non-hydrogen) atoms. The molecule has 0 heterocycles. The van der Waals surface area contributed by atoms with Gasteiger partial charge in [-0.25, -0.2) is 4.99 Å². The summed E-state index contributed by atoms with van der Waals surface area (Å²) in [4.78, 5) is 4.67. The lowest BCUT2D eigenvalue weighted by Crippen LogP contribution is -2.43. The van der Waals surface area contributed by atoms with Crippen LogP contribution in [0, 0.1) is 0 Å². The molecule has 0 spiro atoms. The highest BCUT2D eigenvalue weighted by Crippen LogP contribution is 2.19. The van der Waals surface area contributed by atoms with Gasteiger partial charge in [0.05, 0.1) is 13.2 Å². The number of halogens is 1. The molecular formula is C17H30IN3OS. The fraction of sp³-hybridized carbons (Fsp3) is 0.588. The van der Waals surface area contributed by atoms with E-state index in [4.69, 9.17) is 4.74 Å².